The third-order valence-corrected chi connectivity index (χ3v) is 7.69. The Balaban J connectivity index is 1.17. The summed E-state index contributed by atoms with van der Waals surface area (Å²) < 4.78 is 89.2. The highest BCUT2D eigenvalue weighted by Crippen LogP contribution is 2.13. The van der Waals surface area contributed by atoms with Crippen molar-refractivity contribution in [3.8, 4) is 5.75 Å². The second kappa shape index (κ2) is 31.5. The Labute approximate surface area is 297 Å². The van der Waals surface area contributed by atoms with E-state index in [0.29, 0.717) is 132 Å². The fourth-order valence-electron chi connectivity index (χ4n) is 3.79. The summed E-state index contributed by atoms with van der Waals surface area (Å²) in [6, 6.07) is 16.1. The Morgan fingerprint density at radius 2 is 0.680 bits per heavy atom. The number of rotatable bonds is 36. The Hall–Kier alpha value is -2.25. The summed E-state index contributed by atoms with van der Waals surface area (Å²) in [6.45, 7) is 11.4. The van der Waals surface area contributed by atoms with Crippen LogP contribution in [-0.2, 0) is 61.7 Å². The minimum Gasteiger partial charge on any atom is -0.491 e. The van der Waals surface area contributed by atoms with Crippen LogP contribution < -0.4 is 4.74 Å². The highest BCUT2D eigenvalue weighted by molar-refractivity contribution is 7.86. The molecule has 286 valence electrons. The lowest BCUT2D eigenvalue weighted by molar-refractivity contribution is -0.0269. The lowest BCUT2D eigenvalue weighted by Crippen LogP contribution is -2.16. The molecule has 0 bridgehead atoms. The summed E-state index contributed by atoms with van der Waals surface area (Å²) in [4.78, 5) is 0.127. The number of ether oxygens (including phenoxy) is 11. The second-order valence-corrected chi connectivity index (χ2v) is 12.0. The van der Waals surface area contributed by atoms with Crippen LogP contribution in [0, 0.1) is 6.92 Å². The third-order valence-electron chi connectivity index (χ3n) is 6.36. The molecule has 0 unspecified atom stereocenters. The molecule has 50 heavy (non-hydrogen) atoms. The van der Waals surface area contributed by atoms with E-state index >= 15 is 0 Å². The molecule has 0 heterocycles. The second-order valence-electron chi connectivity index (χ2n) is 10.4. The van der Waals surface area contributed by atoms with E-state index in [0.717, 1.165) is 11.3 Å². The van der Waals surface area contributed by atoms with E-state index in [-0.39, 0.29) is 18.1 Å². The maximum Gasteiger partial charge on any atom is 0.297 e. The Morgan fingerprint density at radius 3 is 1.02 bits per heavy atom. The quantitative estimate of drug-likeness (QED) is 0.0748. The molecule has 0 radical (unpaired) electrons. The molecule has 2 aromatic rings. The van der Waals surface area contributed by atoms with Crippen molar-refractivity contribution in [3.05, 3.63) is 60.2 Å². The van der Waals surface area contributed by atoms with E-state index in [2.05, 4.69) is 0 Å². The molecule has 0 aliphatic rings. The van der Waals surface area contributed by atoms with Crippen molar-refractivity contribution in [2.45, 2.75) is 11.8 Å². The number of hydrogen-bond acceptors (Lipinski definition) is 14. The summed E-state index contributed by atoms with van der Waals surface area (Å²) in [5.41, 5.74) is 0.974. The summed E-state index contributed by atoms with van der Waals surface area (Å²) in [6.07, 6.45) is 0. The zero-order chi connectivity index (χ0) is 35.6. The van der Waals surface area contributed by atoms with Gasteiger partial charge in [0.1, 0.15) is 12.4 Å². The van der Waals surface area contributed by atoms with Crippen LogP contribution >= 0.6 is 0 Å². The van der Waals surface area contributed by atoms with Crippen LogP contribution in [0.25, 0.3) is 0 Å². The first-order chi connectivity index (χ1) is 24.6. The molecule has 0 aliphatic heterocycles. The van der Waals surface area contributed by atoms with Gasteiger partial charge in [-0.05, 0) is 31.2 Å². The summed E-state index contributed by atoms with van der Waals surface area (Å²) in [7, 11) is -3.78. The fraction of sp³-hybridized carbons (Fsp3) is 0.657. The molecule has 14 nitrogen and oxygen atoms in total. The minimum atomic E-state index is -3.78. The van der Waals surface area contributed by atoms with Crippen molar-refractivity contribution in [1.82, 2.24) is 0 Å². The van der Waals surface area contributed by atoms with Crippen molar-refractivity contribution in [3.63, 3.8) is 0 Å². The van der Waals surface area contributed by atoms with Gasteiger partial charge in [-0.2, -0.15) is 8.42 Å². The van der Waals surface area contributed by atoms with E-state index in [1.165, 1.54) is 12.1 Å². The number of benzene rings is 2. The molecule has 0 N–H and O–H groups in total. The van der Waals surface area contributed by atoms with Gasteiger partial charge in [-0.1, -0.05) is 35.9 Å². The SMILES string of the molecule is Cc1ccc(S(=O)(=O)OCCOCCOCCOCCOCCOCCOCCOCCOCCOCCOCCOc2ccccc2)cc1. The standard InChI is InChI=1S/C35H56O14S/c1-33-7-9-35(10-8-33)50(36,37)49-32-30-47-28-26-45-24-22-43-20-18-41-16-14-39-12-11-38-13-15-40-17-19-42-21-23-44-25-27-46-29-31-48-34-5-3-2-4-6-34/h2-10H,11-32H2,1H3. The van der Waals surface area contributed by atoms with Crippen LogP contribution in [-0.4, -0.2) is 154 Å². The van der Waals surface area contributed by atoms with Crippen LogP contribution in [0.15, 0.2) is 59.5 Å². The molecule has 0 amide bonds. The first kappa shape index (κ1) is 43.9. The molecule has 0 aromatic heterocycles. The van der Waals surface area contributed by atoms with Gasteiger partial charge >= 0.3 is 0 Å². The van der Waals surface area contributed by atoms with Gasteiger partial charge in [0.25, 0.3) is 10.1 Å². The van der Waals surface area contributed by atoms with Crippen LogP contribution in [0.4, 0.5) is 0 Å². The summed E-state index contributed by atoms with van der Waals surface area (Å²) >= 11 is 0. The van der Waals surface area contributed by atoms with Crippen molar-refractivity contribution in [2.75, 3.05) is 145 Å². The zero-order valence-corrected chi connectivity index (χ0v) is 30.2. The molecule has 0 spiro atoms. The molecule has 0 fully saturated rings. The summed E-state index contributed by atoms with van der Waals surface area (Å²) in [5, 5.41) is 0. The lowest BCUT2D eigenvalue weighted by atomic mass is 10.2. The third kappa shape index (κ3) is 25.7. The topological polar surface area (TPSA) is 145 Å². The van der Waals surface area contributed by atoms with E-state index in [9.17, 15) is 8.42 Å². The summed E-state index contributed by atoms with van der Waals surface area (Å²) in [5.74, 6) is 0.837. The number of para-hydroxylation sites is 1. The van der Waals surface area contributed by atoms with Crippen molar-refractivity contribution >= 4 is 10.1 Å². The predicted molar refractivity (Wildman–Crippen MR) is 184 cm³/mol. The fourth-order valence-corrected chi connectivity index (χ4v) is 4.69. The molecule has 15 heteroatoms. The van der Waals surface area contributed by atoms with Gasteiger partial charge in [0, 0.05) is 0 Å². The van der Waals surface area contributed by atoms with E-state index in [1.807, 2.05) is 37.3 Å². The lowest BCUT2D eigenvalue weighted by Gasteiger charge is -2.09. The van der Waals surface area contributed by atoms with Gasteiger partial charge in [0.05, 0.1) is 144 Å². The van der Waals surface area contributed by atoms with Crippen molar-refractivity contribution in [1.29, 1.82) is 0 Å². The van der Waals surface area contributed by atoms with Crippen molar-refractivity contribution < 1.29 is 64.7 Å². The highest BCUT2D eigenvalue weighted by atomic mass is 32.2. The first-order valence-electron chi connectivity index (χ1n) is 17.0. The molecular weight excluding hydrogens is 676 g/mol. The van der Waals surface area contributed by atoms with E-state index in [1.54, 1.807) is 12.1 Å². The molecule has 0 aliphatic carbocycles. The molecule has 0 saturated heterocycles. The van der Waals surface area contributed by atoms with E-state index < -0.39 is 10.1 Å². The van der Waals surface area contributed by atoms with Crippen LogP contribution in [0.5, 0.6) is 5.75 Å². The number of aryl methyl sites for hydroxylation is 1. The molecule has 0 atom stereocenters. The van der Waals surface area contributed by atoms with Gasteiger partial charge in [-0.3, -0.25) is 4.18 Å². The van der Waals surface area contributed by atoms with E-state index in [4.69, 9.17) is 56.3 Å². The monoisotopic (exact) mass is 732 g/mol. The molecule has 2 rings (SSSR count). The first-order valence-corrected chi connectivity index (χ1v) is 18.4. The van der Waals surface area contributed by atoms with Gasteiger partial charge in [0.15, 0.2) is 0 Å². The zero-order valence-electron chi connectivity index (χ0n) is 29.4. The maximum atomic E-state index is 12.1. The average Bonchev–Trinajstić information content (AvgIpc) is 3.12. The Morgan fingerprint density at radius 1 is 0.380 bits per heavy atom. The smallest absolute Gasteiger partial charge is 0.297 e. The van der Waals surface area contributed by atoms with Gasteiger partial charge in [-0.25, -0.2) is 0 Å². The van der Waals surface area contributed by atoms with Gasteiger partial charge in [0.2, 0.25) is 0 Å². The van der Waals surface area contributed by atoms with Gasteiger partial charge in [-0.15, -0.1) is 0 Å². The maximum absolute atomic E-state index is 12.1. The van der Waals surface area contributed by atoms with Crippen molar-refractivity contribution in [2.24, 2.45) is 0 Å². The minimum absolute atomic E-state index is 0.0604. The van der Waals surface area contributed by atoms with Crippen LogP contribution in [0.2, 0.25) is 0 Å². The largest absolute Gasteiger partial charge is 0.491 e. The normalized spacial score (nSPS) is 11.7. The van der Waals surface area contributed by atoms with Crippen LogP contribution in [0.3, 0.4) is 0 Å². The molecular formula is C35H56O14S. The van der Waals surface area contributed by atoms with Crippen LogP contribution in [0.1, 0.15) is 5.56 Å². The average molecular weight is 733 g/mol. The highest BCUT2D eigenvalue weighted by Gasteiger charge is 2.14. The Bertz CT molecular complexity index is 1120. The van der Waals surface area contributed by atoms with Gasteiger partial charge < -0.3 is 52.1 Å². The molecule has 2 aromatic carbocycles. The predicted octanol–water partition coefficient (Wildman–Crippen LogP) is 2.95. The Kier molecular flexibility index (Phi) is 27.6. The number of hydrogen-bond donors (Lipinski definition) is 0. The molecule has 0 saturated carbocycles.